The number of nitro benzene ring substituents is 1. The van der Waals surface area contributed by atoms with Crippen molar-refractivity contribution in [2.75, 3.05) is 6.26 Å². The quantitative estimate of drug-likeness (QED) is 0.191. The molecule has 0 aliphatic carbocycles. The van der Waals surface area contributed by atoms with E-state index in [1.807, 2.05) is 0 Å². The summed E-state index contributed by atoms with van der Waals surface area (Å²) in [6, 6.07) is 13.4. The monoisotopic (exact) mass is 469 g/mol. The van der Waals surface area contributed by atoms with Gasteiger partial charge in [0, 0.05) is 29.2 Å². The van der Waals surface area contributed by atoms with Gasteiger partial charge in [0.05, 0.1) is 10.6 Å². The van der Waals surface area contributed by atoms with Crippen molar-refractivity contribution in [3.8, 4) is 5.75 Å². The van der Waals surface area contributed by atoms with Crippen molar-refractivity contribution in [2.24, 2.45) is 10.2 Å². The van der Waals surface area contributed by atoms with Gasteiger partial charge in [0.2, 0.25) is 0 Å². The van der Waals surface area contributed by atoms with Crippen molar-refractivity contribution in [1.82, 2.24) is 0 Å². The minimum atomic E-state index is -4.64. The summed E-state index contributed by atoms with van der Waals surface area (Å²) in [5.41, 5.74) is 0.0749. The number of azo groups is 1. The van der Waals surface area contributed by atoms with Gasteiger partial charge in [-0.1, -0.05) is 24.3 Å². The Morgan fingerprint density at radius 3 is 2.00 bits per heavy atom. The van der Waals surface area contributed by atoms with Crippen LogP contribution in [0.2, 0.25) is 0 Å². The first kappa shape index (κ1) is 24.1. The number of fused-ring (bicyclic) bond motifs is 1. The van der Waals surface area contributed by atoms with Crippen LogP contribution < -0.4 is 0 Å². The van der Waals surface area contributed by atoms with Crippen LogP contribution in [0.1, 0.15) is 0 Å². The van der Waals surface area contributed by atoms with Crippen LogP contribution in [-0.2, 0) is 14.4 Å². The number of benzene rings is 3. The lowest BCUT2D eigenvalue weighted by Gasteiger charge is -2.05. The summed E-state index contributed by atoms with van der Waals surface area (Å²) in [6.07, 6.45) is 0.945. The molecule has 31 heavy (non-hydrogen) atoms. The molecule has 12 nitrogen and oxygen atoms in total. The molecule has 0 saturated heterocycles. The second-order valence-electron chi connectivity index (χ2n) is 6.04. The molecule has 3 aromatic rings. The van der Waals surface area contributed by atoms with Gasteiger partial charge in [-0.2, -0.15) is 0 Å². The van der Waals surface area contributed by atoms with Crippen molar-refractivity contribution >= 4 is 45.5 Å². The molecule has 0 radical (unpaired) electrons. The zero-order chi connectivity index (χ0) is 23.4. The highest BCUT2D eigenvalue weighted by molar-refractivity contribution is 7.90. The molecule has 0 atom stereocenters. The molecule has 14 heteroatoms. The molecule has 0 amide bonds. The number of sulfone groups is 1. The van der Waals surface area contributed by atoms with E-state index in [1.54, 1.807) is 30.3 Å². The Kier molecular flexibility index (Phi) is 7.21. The third kappa shape index (κ3) is 6.91. The second-order valence-corrected chi connectivity index (χ2v) is 9.05. The fourth-order valence-corrected chi connectivity index (χ4v) is 3.28. The lowest BCUT2D eigenvalue weighted by molar-refractivity contribution is -0.385. The number of nitrogens with zero attached hydrogens (tertiary/aromatic N) is 3. The summed E-state index contributed by atoms with van der Waals surface area (Å²) in [5, 5.41) is 30.0. The maximum atomic E-state index is 11.9. The largest absolute Gasteiger partial charge is 0.507 e. The topological polar surface area (TPSA) is 200 Å². The van der Waals surface area contributed by atoms with Crippen molar-refractivity contribution in [3.05, 3.63) is 64.7 Å². The second kappa shape index (κ2) is 9.29. The molecule has 0 spiro atoms. The number of aromatic hydroxyl groups is 1. The Balaban J connectivity index is 0.000000614. The summed E-state index contributed by atoms with van der Waals surface area (Å²) in [7, 11) is -8.38. The van der Waals surface area contributed by atoms with E-state index in [2.05, 4.69) is 10.2 Å². The lowest BCUT2D eigenvalue weighted by Crippen LogP contribution is -1.99. The molecule has 4 N–H and O–H groups in total. The van der Waals surface area contributed by atoms with Crippen LogP contribution in [0.4, 0.5) is 17.1 Å². The maximum Gasteiger partial charge on any atom is 0.466 e. The number of hydrogen-bond acceptors (Lipinski definition) is 8. The fraction of sp³-hybridized carbons (Fsp3) is 0.0588. The minimum absolute atomic E-state index is 0.00439. The third-order valence-electron chi connectivity index (χ3n) is 3.70. The number of non-ortho nitro benzene ring substituents is 1. The van der Waals surface area contributed by atoms with Crippen LogP contribution in [0.25, 0.3) is 10.8 Å². The van der Waals surface area contributed by atoms with Crippen molar-refractivity contribution < 1.29 is 37.7 Å². The molecule has 164 valence electrons. The summed E-state index contributed by atoms with van der Waals surface area (Å²) < 4.78 is 32.8. The molecule has 3 rings (SSSR count). The zero-order valence-electron chi connectivity index (χ0n) is 15.7. The Morgan fingerprint density at radius 1 is 0.935 bits per heavy atom. The average Bonchev–Trinajstić information content (AvgIpc) is 2.65. The van der Waals surface area contributed by atoms with E-state index in [9.17, 15) is 23.6 Å². The van der Waals surface area contributed by atoms with Gasteiger partial charge in [-0.3, -0.25) is 10.1 Å². The van der Waals surface area contributed by atoms with Crippen LogP contribution in [0, 0.1) is 10.1 Å². The lowest BCUT2D eigenvalue weighted by atomic mass is 10.1. The molecule has 0 aliphatic heterocycles. The SMILES string of the molecule is CS(=O)(=O)c1cc([N+](=O)[O-])ccc1N=Nc1ccc(O)c2ccccc12.O=P(O)(O)O. The summed E-state index contributed by atoms with van der Waals surface area (Å²) in [4.78, 5) is 31.5. The van der Waals surface area contributed by atoms with Gasteiger partial charge in [0.1, 0.15) is 16.3 Å². The molecule has 0 saturated carbocycles. The van der Waals surface area contributed by atoms with Crippen LogP contribution in [0.3, 0.4) is 0 Å². The molecule has 0 unspecified atom stereocenters. The zero-order valence-corrected chi connectivity index (χ0v) is 17.4. The van der Waals surface area contributed by atoms with E-state index < -0.39 is 22.6 Å². The van der Waals surface area contributed by atoms with Gasteiger partial charge in [0.15, 0.2) is 9.84 Å². The highest BCUT2D eigenvalue weighted by Crippen LogP contribution is 2.35. The third-order valence-corrected chi connectivity index (χ3v) is 4.82. The number of hydrogen-bond donors (Lipinski definition) is 4. The van der Waals surface area contributed by atoms with Crippen LogP contribution in [0.15, 0.2) is 69.7 Å². The van der Waals surface area contributed by atoms with Gasteiger partial charge >= 0.3 is 7.82 Å². The molecule has 0 aliphatic rings. The van der Waals surface area contributed by atoms with E-state index in [1.165, 1.54) is 12.1 Å². The van der Waals surface area contributed by atoms with Crippen LogP contribution in [-0.4, -0.2) is 39.4 Å². The Morgan fingerprint density at radius 2 is 1.45 bits per heavy atom. The standard InChI is InChI=1S/C17H13N3O5S.H3O4P/c1-26(24,25)17-10-11(20(22)23)6-7-15(17)19-18-14-8-9-16(21)13-5-3-2-4-12(13)14;1-5(2,3)4/h2-10,21H,1H3;(H3,1,2,3,4). The normalized spacial score (nSPS) is 11.9. The first-order chi connectivity index (χ1) is 14.3. The van der Waals surface area contributed by atoms with E-state index in [-0.39, 0.29) is 22.0 Å². The van der Waals surface area contributed by atoms with Gasteiger partial charge in [-0.25, -0.2) is 13.0 Å². The average molecular weight is 469 g/mol. The minimum Gasteiger partial charge on any atom is -0.507 e. The highest BCUT2D eigenvalue weighted by Gasteiger charge is 2.18. The van der Waals surface area contributed by atoms with Gasteiger partial charge in [0.25, 0.3) is 5.69 Å². The van der Waals surface area contributed by atoms with Crippen LogP contribution in [0.5, 0.6) is 5.75 Å². The highest BCUT2D eigenvalue weighted by atomic mass is 32.2. The number of phosphoric acid groups is 1. The van der Waals surface area contributed by atoms with Crippen molar-refractivity contribution in [3.63, 3.8) is 0 Å². The van der Waals surface area contributed by atoms with Crippen molar-refractivity contribution in [1.29, 1.82) is 0 Å². The number of rotatable bonds is 4. The van der Waals surface area contributed by atoms with E-state index in [4.69, 9.17) is 19.2 Å². The molecule has 0 aromatic heterocycles. The smallest absolute Gasteiger partial charge is 0.466 e. The number of nitro groups is 1. The van der Waals surface area contributed by atoms with Gasteiger partial charge < -0.3 is 19.8 Å². The van der Waals surface area contributed by atoms with E-state index >= 15 is 0 Å². The molecule has 0 fully saturated rings. The fourth-order valence-electron chi connectivity index (χ4n) is 2.46. The van der Waals surface area contributed by atoms with Gasteiger partial charge in [-0.15, -0.1) is 10.2 Å². The van der Waals surface area contributed by atoms with Crippen molar-refractivity contribution in [2.45, 2.75) is 4.90 Å². The molecule has 3 aromatic carbocycles. The molecule has 0 heterocycles. The first-order valence-corrected chi connectivity index (χ1v) is 11.6. The predicted molar refractivity (Wildman–Crippen MR) is 110 cm³/mol. The Bertz CT molecular complexity index is 1310. The number of phenolic OH excluding ortho intramolecular Hbond substituents is 1. The summed E-state index contributed by atoms with van der Waals surface area (Å²) in [5.74, 6) is 0.0895. The predicted octanol–water partition coefficient (Wildman–Crippen LogP) is 3.34. The number of phenols is 1. The Hall–Kier alpha value is -3.22. The molecular formula is C17H16N3O9PS. The summed E-state index contributed by atoms with van der Waals surface area (Å²) in [6.45, 7) is 0. The molecule has 0 bridgehead atoms. The summed E-state index contributed by atoms with van der Waals surface area (Å²) >= 11 is 0. The maximum absolute atomic E-state index is 11.9. The van der Waals surface area contributed by atoms with E-state index in [0.29, 0.717) is 16.5 Å². The van der Waals surface area contributed by atoms with E-state index in [0.717, 1.165) is 18.4 Å². The van der Waals surface area contributed by atoms with Gasteiger partial charge in [-0.05, 0) is 18.2 Å². The molecular weight excluding hydrogens is 453 g/mol. The van der Waals surface area contributed by atoms with Crippen LogP contribution >= 0.6 is 7.82 Å². The Labute approximate surface area is 175 Å². The first-order valence-electron chi connectivity index (χ1n) is 8.16.